The molecule has 19 heavy (non-hydrogen) atoms. The minimum Gasteiger partial charge on any atom is -0.772 e. The molecule has 1 aliphatic rings. The Morgan fingerprint density at radius 1 is 1.42 bits per heavy atom. The zero-order valence-corrected chi connectivity index (χ0v) is 13.6. The molecule has 2 unspecified atom stereocenters. The van der Waals surface area contributed by atoms with Crippen LogP contribution < -0.4 is 29.6 Å². The van der Waals surface area contributed by atoms with Crippen molar-refractivity contribution < 1.29 is 47.9 Å². The summed E-state index contributed by atoms with van der Waals surface area (Å²) in [5.41, 5.74) is 0.911. The van der Waals surface area contributed by atoms with E-state index in [0.29, 0.717) is 13.0 Å². The maximum atomic E-state index is 11.7. The Balaban J connectivity index is 0.00000180. The smallest absolute Gasteiger partial charge is 0.772 e. The van der Waals surface area contributed by atoms with Crippen molar-refractivity contribution in [1.29, 1.82) is 0 Å². The molecule has 0 aliphatic carbocycles. The number of benzene rings is 1. The van der Waals surface area contributed by atoms with Crippen LogP contribution in [-0.4, -0.2) is 38.1 Å². The quantitative estimate of drug-likeness (QED) is 0.491. The Bertz CT molecular complexity index is 443. The fourth-order valence-corrected chi connectivity index (χ4v) is 2.46. The maximum absolute atomic E-state index is 11.7. The van der Waals surface area contributed by atoms with Gasteiger partial charge >= 0.3 is 35.7 Å². The number of hydrogen-bond donors (Lipinski definition) is 0. The summed E-state index contributed by atoms with van der Waals surface area (Å²) in [4.78, 5) is 13.1. The van der Waals surface area contributed by atoms with Crippen LogP contribution in [0.1, 0.15) is 12.0 Å². The molecule has 1 heterocycles. The molecule has 1 fully saturated rings. The van der Waals surface area contributed by atoms with Crippen LogP contribution in [0, 0.1) is 0 Å². The van der Waals surface area contributed by atoms with E-state index in [1.165, 1.54) is 4.90 Å². The predicted molar refractivity (Wildman–Crippen MR) is 65.5 cm³/mol. The molecular weight excluding hydrogens is 277 g/mol. The number of rotatable bonds is 3. The fraction of sp³-hybridized carbons (Fsp3) is 0.417. The molecule has 0 radical (unpaired) electrons. The van der Waals surface area contributed by atoms with E-state index in [1.54, 1.807) is 0 Å². The van der Waals surface area contributed by atoms with Gasteiger partial charge in [-0.15, -0.1) is 0 Å². The largest absolute Gasteiger partial charge is 1.00 e. The summed E-state index contributed by atoms with van der Waals surface area (Å²) in [6.07, 6.45) is 0.0307. The van der Waals surface area contributed by atoms with Crippen molar-refractivity contribution in [2.45, 2.75) is 18.3 Å². The first-order chi connectivity index (χ1) is 8.66. The molecule has 7 heteroatoms. The van der Waals surface area contributed by atoms with Crippen LogP contribution in [0.3, 0.4) is 0 Å². The molecule has 0 spiro atoms. The number of nitrogens with zero attached hydrogens (tertiary/aromatic N) is 1. The van der Waals surface area contributed by atoms with Gasteiger partial charge in [-0.3, -0.25) is 4.21 Å². The van der Waals surface area contributed by atoms with Crippen molar-refractivity contribution in [3.05, 3.63) is 35.9 Å². The van der Waals surface area contributed by atoms with Crippen LogP contribution in [0.5, 0.6) is 0 Å². The molecule has 1 aromatic rings. The van der Waals surface area contributed by atoms with Gasteiger partial charge in [0.2, 0.25) is 0 Å². The van der Waals surface area contributed by atoms with Crippen molar-refractivity contribution in [1.82, 2.24) is 4.90 Å². The zero-order valence-electron chi connectivity index (χ0n) is 10.8. The molecule has 1 aromatic carbocycles. The Labute approximate surface area is 136 Å². The monoisotopic (exact) mass is 291 g/mol. The van der Waals surface area contributed by atoms with Gasteiger partial charge in [-0.25, -0.2) is 4.79 Å². The van der Waals surface area contributed by atoms with E-state index < -0.39 is 22.4 Å². The number of likely N-dealkylation sites (tertiary alicyclic amines) is 1. The second kappa shape index (κ2) is 8.01. The van der Waals surface area contributed by atoms with E-state index in [0.717, 1.165) is 5.56 Å². The minimum absolute atomic E-state index is 0. The van der Waals surface area contributed by atoms with Gasteiger partial charge in [0.25, 0.3) is 0 Å². The van der Waals surface area contributed by atoms with Crippen LogP contribution in [0.25, 0.3) is 0 Å². The predicted octanol–water partition coefficient (Wildman–Crippen LogP) is -1.72. The average molecular weight is 291 g/mol. The molecule has 1 aliphatic heterocycles. The summed E-state index contributed by atoms with van der Waals surface area (Å²) in [5, 5.41) is -0.464. The molecule has 0 saturated carbocycles. The molecule has 2 rings (SSSR count). The molecule has 0 N–H and O–H groups in total. The normalized spacial score (nSPS) is 19.6. The van der Waals surface area contributed by atoms with Crippen LogP contribution >= 0.6 is 0 Å². The van der Waals surface area contributed by atoms with Gasteiger partial charge in [-0.1, -0.05) is 41.4 Å². The first-order valence-electron chi connectivity index (χ1n) is 5.70. The van der Waals surface area contributed by atoms with Gasteiger partial charge in [0.15, 0.2) is 0 Å². The number of amides is 1. The third-order valence-electron chi connectivity index (χ3n) is 2.88. The van der Waals surface area contributed by atoms with Crippen molar-refractivity contribution in [3.8, 4) is 0 Å². The van der Waals surface area contributed by atoms with E-state index in [1.807, 2.05) is 30.3 Å². The van der Waals surface area contributed by atoms with Gasteiger partial charge in [0.05, 0.1) is 0 Å². The van der Waals surface area contributed by atoms with Gasteiger partial charge in [-0.05, 0) is 12.0 Å². The summed E-state index contributed by atoms with van der Waals surface area (Å²) < 4.78 is 26.7. The second-order valence-electron chi connectivity index (χ2n) is 4.16. The van der Waals surface area contributed by atoms with Crippen LogP contribution in [-0.2, 0) is 22.4 Å². The molecular formula is C12H14NNaO4S. The maximum Gasteiger partial charge on any atom is 1.00 e. The fourth-order valence-electron chi connectivity index (χ4n) is 1.86. The number of hydrogen-bond acceptors (Lipinski definition) is 4. The molecule has 98 valence electrons. The molecule has 2 atom stereocenters. The molecule has 1 amide bonds. The molecule has 1 saturated heterocycles. The van der Waals surface area contributed by atoms with Crippen LogP contribution in [0.2, 0.25) is 0 Å². The zero-order chi connectivity index (χ0) is 13.0. The summed E-state index contributed by atoms with van der Waals surface area (Å²) in [6.45, 7) is 0.872. The van der Waals surface area contributed by atoms with Crippen molar-refractivity contribution in [2.24, 2.45) is 0 Å². The first-order valence-corrected chi connectivity index (χ1v) is 6.84. The number of carbonyl (C=O) groups excluding carboxylic acids is 1. The van der Waals surface area contributed by atoms with Crippen LogP contribution in [0.15, 0.2) is 30.3 Å². The standard InChI is InChI=1S/C12H15NO4S.Na/c14-12(13-7-6-11(8-13)18(15)16)17-9-10-4-2-1-3-5-10;/h1-5,11H,6-9H2,(H,15,16);/q;+1/p-1. The van der Waals surface area contributed by atoms with Crippen LogP contribution in [0.4, 0.5) is 4.79 Å². The topological polar surface area (TPSA) is 69.7 Å². The van der Waals surface area contributed by atoms with Gasteiger partial charge < -0.3 is 14.2 Å². The van der Waals surface area contributed by atoms with E-state index in [9.17, 15) is 13.6 Å². The Kier molecular flexibility index (Phi) is 7.02. The van der Waals surface area contributed by atoms with E-state index in [2.05, 4.69) is 0 Å². The van der Waals surface area contributed by atoms with Crippen molar-refractivity contribution >= 4 is 17.2 Å². The van der Waals surface area contributed by atoms with E-state index in [4.69, 9.17) is 4.74 Å². The van der Waals surface area contributed by atoms with Crippen molar-refractivity contribution in [2.75, 3.05) is 13.1 Å². The third-order valence-corrected chi connectivity index (χ3v) is 3.81. The van der Waals surface area contributed by atoms with Gasteiger partial charge in [-0.2, -0.15) is 0 Å². The van der Waals surface area contributed by atoms with Crippen molar-refractivity contribution in [3.63, 3.8) is 0 Å². The molecule has 5 nitrogen and oxygen atoms in total. The Morgan fingerprint density at radius 2 is 2.11 bits per heavy atom. The summed E-state index contributed by atoms with van der Waals surface area (Å²) >= 11 is -2.12. The third kappa shape index (κ3) is 4.89. The number of carbonyl (C=O) groups is 1. The van der Waals surface area contributed by atoms with Gasteiger partial charge in [0.1, 0.15) is 6.61 Å². The Hall–Kier alpha value is -0.400. The second-order valence-corrected chi connectivity index (χ2v) is 5.35. The number of ether oxygens (including phenoxy) is 1. The molecule has 0 aromatic heterocycles. The first kappa shape index (κ1) is 16.7. The van der Waals surface area contributed by atoms with E-state index in [-0.39, 0.29) is 42.7 Å². The van der Waals surface area contributed by atoms with E-state index >= 15 is 0 Å². The minimum atomic E-state index is -2.12. The van der Waals surface area contributed by atoms with Gasteiger partial charge in [0, 0.05) is 18.3 Å². The summed E-state index contributed by atoms with van der Waals surface area (Å²) in [6, 6.07) is 9.37. The average Bonchev–Trinajstić information content (AvgIpc) is 2.87. The summed E-state index contributed by atoms with van der Waals surface area (Å²) in [5.74, 6) is 0. The molecule has 0 bridgehead atoms. The summed E-state index contributed by atoms with van der Waals surface area (Å²) in [7, 11) is 0. The SMILES string of the molecule is O=C(OCc1ccccc1)N1CCC(S(=O)[O-])C1.[Na+]. The Morgan fingerprint density at radius 3 is 2.68 bits per heavy atom.